The second-order valence-electron chi connectivity index (χ2n) is 8.05. The van der Waals surface area contributed by atoms with Gasteiger partial charge in [0.05, 0.1) is 18.5 Å². The molecule has 3 rings (SSSR count). The largest absolute Gasteiger partial charge is 0.313 e. The lowest BCUT2D eigenvalue weighted by molar-refractivity contribution is -0.116. The minimum Gasteiger partial charge on any atom is -0.313 e. The summed E-state index contributed by atoms with van der Waals surface area (Å²) in [6.45, 7) is 3.84. The van der Waals surface area contributed by atoms with Crippen LogP contribution in [0.15, 0.2) is 66.8 Å². The molecule has 2 heterocycles. The van der Waals surface area contributed by atoms with E-state index in [4.69, 9.17) is 5.41 Å². The summed E-state index contributed by atoms with van der Waals surface area (Å²) in [5, 5.41) is 30.3. The van der Waals surface area contributed by atoms with E-state index in [0.717, 1.165) is 41.9 Å². The van der Waals surface area contributed by atoms with Crippen LogP contribution in [0.1, 0.15) is 41.9 Å². The Balaban J connectivity index is 1.34. The molecule has 9 nitrogen and oxygen atoms in total. The summed E-state index contributed by atoms with van der Waals surface area (Å²) in [6.07, 6.45) is 9.12. The molecule has 0 aliphatic heterocycles. The van der Waals surface area contributed by atoms with Crippen LogP contribution in [-0.4, -0.2) is 38.4 Å². The van der Waals surface area contributed by atoms with Crippen molar-refractivity contribution in [1.29, 1.82) is 5.41 Å². The Labute approximate surface area is 214 Å². The Hall–Kier alpha value is -4.05. The van der Waals surface area contributed by atoms with E-state index in [1.807, 2.05) is 36.4 Å². The standard InChI is InChI=1S/C26H29N7O2S/c1-19(9-7-8-16-27)17-23(34)29-26-33-32-25(36-26)13-6-5-12-21-14-15-22(31-30-21)28-24(35)18-20-10-3-2-4-11-20/h2-4,7,9-11,14-16,27H,1,5-6,8,12-13,17-18H2,(H,28,31,35)(H,29,33,34)/b9-7-,27-16?. The SMILES string of the molecule is C=C(/C=C\CC=N)CC(=O)Nc1nnc(CCCCc2ccc(NC(=O)Cc3ccccc3)nn2)s1. The Kier molecular flexibility index (Phi) is 10.6. The zero-order valence-electron chi connectivity index (χ0n) is 19.9. The molecule has 0 aliphatic rings. The molecule has 0 radical (unpaired) electrons. The Bertz CT molecular complexity index is 1190. The van der Waals surface area contributed by atoms with Crippen molar-refractivity contribution in [2.45, 2.75) is 44.9 Å². The zero-order valence-corrected chi connectivity index (χ0v) is 20.8. The fraction of sp³-hybridized carbons (Fsp3) is 0.269. The first-order valence-corrected chi connectivity index (χ1v) is 12.5. The van der Waals surface area contributed by atoms with Crippen LogP contribution in [0.4, 0.5) is 10.9 Å². The molecule has 2 amide bonds. The number of anilines is 2. The van der Waals surface area contributed by atoms with Crippen LogP contribution in [0.5, 0.6) is 0 Å². The number of hydrogen-bond donors (Lipinski definition) is 3. The third-order valence-electron chi connectivity index (χ3n) is 4.98. The summed E-state index contributed by atoms with van der Waals surface area (Å²) in [5.74, 6) is 0.117. The number of carbonyl (C=O) groups is 2. The van der Waals surface area contributed by atoms with Crippen LogP contribution < -0.4 is 10.6 Å². The van der Waals surface area contributed by atoms with Crippen molar-refractivity contribution in [3.8, 4) is 0 Å². The van der Waals surface area contributed by atoms with Crippen molar-refractivity contribution in [3.05, 3.63) is 83.0 Å². The maximum absolute atomic E-state index is 12.1. The van der Waals surface area contributed by atoms with E-state index in [-0.39, 0.29) is 18.2 Å². The van der Waals surface area contributed by atoms with Gasteiger partial charge in [-0.3, -0.25) is 9.59 Å². The second kappa shape index (κ2) is 14.4. The van der Waals surface area contributed by atoms with Gasteiger partial charge in [0.25, 0.3) is 0 Å². The highest BCUT2D eigenvalue weighted by atomic mass is 32.1. The predicted molar refractivity (Wildman–Crippen MR) is 142 cm³/mol. The van der Waals surface area contributed by atoms with Crippen LogP contribution in [-0.2, 0) is 28.9 Å². The Morgan fingerprint density at radius 1 is 0.944 bits per heavy atom. The topological polar surface area (TPSA) is 134 Å². The number of rotatable bonds is 14. The number of benzene rings is 1. The first kappa shape index (κ1) is 26.6. The molecule has 0 atom stereocenters. The number of nitrogens with one attached hydrogen (secondary N) is 3. The summed E-state index contributed by atoms with van der Waals surface area (Å²) in [6, 6.07) is 13.2. The van der Waals surface area contributed by atoms with E-state index in [1.54, 1.807) is 18.2 Å². The smallest absolute Gasteiger partial charge is 0.230 e. The molecule has 186 valence electrons. The first-order chi connectivity index (χ1) is 17.5. The number of carbonyl (C=O) groups excluding carboxylic acids is 2. The van der Waals surface area contributed by atoms with Gasteiger partial charge in [-0.25, -0.2) is 0 Å². The van der Waals surface area contributed by atoms with Gasteiger partial charge in [0.1, 0.15) is 5.01 Å². The van der Waals surface area contributed by atoms with Gasteiger partial charge < -0.3 is 16.0 Å². The molecule has 10 heteroatoms. The zero-order chi connectivity index (χ0) is 25.6. The monoisotopic (exact) mass is 503 g/mol. The summed E-state index contributed by atoms with van der Waals surface area (Å²) >= 11 is 1.36. The average Bonchev–Trinajstić information content (AvgIpc) is 3.30. The third-order valence-corrected chi connectivity index (χ3v) is 5.88. The number of nitrogens with zero attached hydrogens (tertiary/aromatic N) is 4. The van der Waals surface area contributed by atoms with E-state index in [0.29, 0.717) is 29.4 Å². The van der Waals surface area contributed by atoms with Crippen molar-refractivity contribution < 1.29 is 9.59 Å². The van der Waals surface area contributed by atoms with Crippen molar-refractivity contribution in [3.63, 3.8) is 0 Å². The number of hydrogen-bond acceptors (Lipinski definition) is 8. The molecular formula is C26H29N7O2S. The van der Waals surface area contributed by atoms with E-state index < -0.39 is 0 Å². The molecule has 0 unspecified atom stereocenters. The van der Waals surface area contributed by atoms with Crippen molar-refractivity contribution in [1.82, 2.24) is 20.4 Å². The van der Waals surface area contributed by atoms with Crippen molar-refractivity contribution >= 4 is 40.3 Å². The fourth-order valence-electron chi connectivity index (χ4n) is 3.25. The van der Waals surface area contributed by atoms with Crippen LogP contribution in [0.2, 0.25) is 0 Å². The highest BCUT2D eigenvalue weighted by Crippen LogP contribution is 2.18. The van der Waals surface area contributed by atoms with Crippen LogP contribution in [0.3, 0.4) is 0 Å². The highest BCUT2D eigenvalue weighted by Gasteiger charge is 2.09. The van der Waals surface area contributed by atoms with E-state index >= 15 is 0 Å². The van der Waals surface area contributed by atoms with Crippen molar-refractivity contribution in [2.75, 3.05) is 10.6 Å². The van der Waals surface area contributed by atoms with E-state index in [1.165, 1.54) is 17.6 Å². The van der Waals surface area contributed by atoms with Gasteiger partial charge in [0, 0.05) is 12.8 Å². The normalized spacial score (nSPS) is 10.8. The fourth-order valence-corrected chi connectivity index (χ4v) is 4.04. The molecule has 0 saturated heterocycles. The summed E-state index contributed by atoms with van der Waals surface area (Å²) in [7, 11) is 0. The molecular weight excluding hydrogens is 474 g/mol. The van der Waals surface area contributed by atoms with Gasteiger partial charge in [0.15, 0.2) is 5.82 Å². The Morgan fingerprint density at radius 2 is 1.75 bits per heavy atom. The average molecular weight is 504 g/mol. The van der Waals surface area contributed by atoms with Gasteiger partial charge in [-0.2, -0.15) is 5.10 Å². The van der Waals surface area contributed by atoms with E-state index in [2.05, 4.69) is 37.6 Å². The van der Waals surface area contributed by atoms with Gasteiger partial charge >= 0.3 is 0 Å². The quantitative estimate of drug-likeness (QED) is 0.168. The number of amides is 2. The third kappa shape index (κ3) is 9.67. The molecule has 2 aromatic heterocycles. The molecule has 3 aromatic rings. The summed E-state index contributed by atoms with van der Waals surface area (Å²) in [5.41, 5.74) is 2.47. The lowest BCUT2D eigenvalue weighted by Crippen LogP contribution is -2.15. The predicted octanol–water partition coefficient (Wildman–Crippen LogP) is 4.56. The number of aromatic nitrogens is 4. The molecule has 36 heavy (non-hydrogen) atoms. The highest BCUT2D eigenvalue weighted by molar-refractivity contribution is 7.15. The van der Waals surface area contributed by atoms with Gasteiger partial charge in [-0.05, 0) is 48.7 Å². The Morgan fingerprint density at radius 3 is 2.50 bits per heavy atom. The molecule has 0 spiro atoms. The molecule has 0 aliphatic carbocycles. The maximum Gasteiger partial charge on any atom is 0.230 e. The summed E-state index contributed by atoms with van der Waals surface area (Å²) in [4.78, 5) is 24.2. The van der Waals surface area contributed by atoms with Crippen molar-refractivity contribution in [2.24, 2.45) is 0 Å². The van der Waals surface area contributed by atoms with Crippen LogP contribution >= 0.6 is 11.3 Å². The van der Waals surface area contributed by atoms with Gasteiger partial charge in [0.2, 0.25) is 16.9 Å². The van der Waals surface area contributed by atoms with Crippen LogP contribution in [0, 0.1) is 5.41 Å². The molecule has 0 fully saturated rings. The minimum atomic E-state index is -0.194. The number of aryl methyl sites for hydroxylation is 2. The number of unbranched alkanes of at least 4 members (excludes halogenated alkanes) is 1. The van der Waals surface area contributed by atoms with Gasteiger partial charge in [-0.1, -0.05) is 60.4 Å². The second-order valence-corrected chi connectivity index (χ2v) is 9.12. The molecule has 3 N–H and O–H groups in total. The lowest BCUT2D eigenvalue weighted by atomic mass is 10.1. The van der Waals surface area contributed by atoms with Gasteiger partial charge in [-0.15, -0.1) is 15.3 Å². The molecule has 0 bridgehead atoms. The van der Waals surface area contributed by atoms with E-state index in [9.17, 15) is 9.59 Å². The summed E-state index contributed by atoms with van der Waals surface area (Å²) < 4.78 is 0. The molecule has 1 aromatic carbocycles. The first-order valence-electron chi connectivity index (χ1n) is 11.6. The van der Waals surface area contributed by atoms with Crippen LogP contribution in [0.25, 0.3) is 0 Å². The molecule has 0 saturated carbocycles. The minimum absolute atomic E-state index is 0.128. The maximum atomic E-state index is 12.1. The number of allylic oxidation sites excluding steroid dienone is 2. The lowest BCUT2D eigenvalue weighted by Gasteiger charge is -2.05.